The summed E-state index contributed by atoms with van der Waals surface area (Å²) < 4.78 is 35.0. The molecule has 4 aromatic rings. The van der Waals surface area contributed by atoms with Crippen LogP contribution >= 0.6 is 22.7 Å². The normalized spacial score (nSPS) is 25.3. The molecule has 2 fully saturated rings. The van der Waals surface area contributed by atoms with E-state index in [1.165, 1.54) is 27.2 Å². The van der Waals surface area contributed by atoms with E-state index in [1.807, 2.05) is 53.9 Å². The summed E-state index contributed by atoms with van der Waals surface area (Å²) in [5.41, 5.74) is 0.258. The number of sulfonamides is 1. The van der Waals surface area contributed by atoms with Crippen LogP contribution in [0.3, 0.4) is 0 Å². The molecular formula is C37H41N7O7S3. The van der Waals surface area contributed by atoms with Gasteiger partial charge in [0.1, 0.15) is 33.6 Å². The van der Waals surface area contributed by atoms with Crippen molar-refractivity contribution in [1.29, 1.82) is 0 Å². The number of hydrogen-bond donors (Lipinski definition) is 3. The van der Waals surface area contributed by atoms with Crippen LogP contribution in [0, 0.1) is 5.92 Å². The second-order valence-electron chi connectivity index (χ2n) is 13.9. The van der Waals surface area contributed by atoms with Gasteiger partial charge in [-0.25, -0.2) is 27.9 Å². The molecule has 0 radical (unpaired) electrons. The molecule has 54 heavy (non-hydrogen) atoms. The quantitative estimate of drug-likeness (QED) is 0.230. The third-order valence-electron chi connectivity index (χ3n) is 9.91. The van der Waals surface area contributed by atoms with Crippen molar-refractivity contribution < 1.29 is 32.3 Å². The van der Waals surface area contributed by atoms with Crippen LogP contribution in [0.2, 0.25) is 0 Å². The predicted octanol–water partition coefficient (Wildman–Crippen LogP) is 4.31. The van der Waals surface area contributed by atoms with E-state index in [2.05, 4.69) is 15.4 Å². The first-order chi connectivity index (χ1) is 25.9. The van der Waals surface area contributed by atoms with Gasteiger partial charge in [0.15, 0.2) is 0 Å². The largest absolute Gasteiger partial charge is 0.471 e. The van der Waals surface area contributed by atoms with Crippen LogP contribution in [0.15, 0.2) is 75.7 Å². The molecule has 1 aliphatic carbocycles. The van der Waals surface area contributed by atoms with Crippen LogP contribution in [-0.2, 0) is 24.4 Å². The lowest BCUT2D eigenvalue weighted by molar-refractivity contribution is -0.141. The molecule has 0 spiro atoms. The van der Waals surface area contributed by atoms with Crippen molar-refractivity contribution in [3.05, 3.63) is 71.4 Å². The Hall–Kier alpha value is -4.87. The van der Waals surface area contributed by atoms with Crippen molar-refractivity contribution in [3.8, 4) is 16.5 Å². The zero-order chi connectivity index (χ0) is 38.0. The lowest BCUT2D eigenvalue weighted by Crippen LogP contribution is -2.58. The Balaban J connectivity index is 1.22. The number of nitrogens with one attached hydrogen (secondary N) is 3. The van der Waals surface area contributed by atoms with E-state index in [0.717, 1.165) is 29.1 Å². The highest BCUT2D eigenvalue weighted by Gasteiger charge is 2.61. The average Bonchev–Trinajstić information content (AvgIpc) is 3.68. The Morgan fingerprint density at radius 1 is 1.00 bits per heavy atom. The van der Waals surface area contributed by atoms with E-state index < -0.39 is 63.4 Å². The van der Waals surface area contributed by atoms with Crippen molar-refractivity contribution in [2.75, 3.05) is 20.6 Å². The number of thiophene rings is 2. The van der Waals surface area contributed by atoms with Gasteiger partial charge in [-0.3, -0.25) is 14.4 Å². The second kappa shape index (κ2) is 15.5. The topological polar surface area (TPSA) is 180 Å². The third kappa shape index (κ3) is 7.84. The molecule has 3 N–H and O–H groups in total. The van der Waals surface area contributed by atoms with E-state index in [1.54, 1.807) is 25.5 Å². The highest BCUT2D eigenvalue weighted by molar-refractivity contribution is 7.92. The molecule has 1 aromatic carbocycles. The average molecular weight is 792 g/mol. The lowest BCUT2D eigenvalue weighted by Gasteiger charge is -2.30. The second-order valence-corrected chi connectivity index (χ2v) is 17.7. The Kier molecular flexibility index (Phi) is 10.7. The minimum atomic E-state index is -4.19. The number of rotatable bonds is 7. The molecule has 2 aliphatic heterocycles. The number of hydrogen-bond acceptors (Lipinski definition) is 11. The van der Waals surface area contributed by atoms with E-state index in [9.17, 15) is 27.6 Å². The van der Waals surface area contributed by atoms with Gasteiger partial charge in [-0.1, -0.05) is 49.3 Å². The van der Waals surface area contributed by atoms with Crippen molar-refractivity contribution in [2.24, 2.45) is 5.92 Å². The van der Waals surface area contributed by atoms with Crippen molar-refractivity contribution in [3.63, 3.8) is 0 Å². The number of para-hydroxylation sites is 2. The molecule has 1 saturated carbocycles. The summed E-state index contributed by atoms with van der Waals surface area (Å²) in [5.74, 6) is -2.16. The lowest BCUT2D eigenvalue weighted by atomic mass is 10.0. The zero-order valence-corrected chi connectivity index (χ0v) is 32.2. The van der Waals surface area contributed by atoms with Gasteiger partial charge in [0.25, 0.3) is 15.9 Å². The van der Waals surface area contributed by atoms with Gasteiger partial charge in [0.2, 0.25) is 17.7 Å². The summed E-state index contributed by atoms with van der Waals surface area (Å²) >= 11 is 2.45. The van der Waals surface area contributed by atoms with Crippen LogP contribution < -0.4 is 20.1 Å². The van der Waals surface area contributed by atoms with Gasteiger partial charge < -0.3 is 25.2 Å². The number of aromatic nitrogens is 2. The number of carbonyl (C=O) groups is 4. The van der Waals surface area contributed by atoms with E-state index in [0.29, 0.717) is 36.0 Å². The Morgan fingerprint density at radius 3 is 2.48 bits per heavy atom. The molecule has 5 amide bonds. The SMILES string of the molecule is CN(C)C(=O)N[C@@H]1CCCCC/C=C\C2C[C@@]2(C(=O)NS(=O)(=O)c2cccs2)NC(=O)[C@@H]2C[C@@H](Oc3nc4ccccc4nc3-c3cccs3)CN2C1=O. The molecule has 5 heterocycles. The van der Waals surface area contributed by atoms with Gasteiger partial charge in [-0.05, 0) is 60.7 Å². The first kappa shape index (κ1) is 37.4. The van der Waals surface area contributed by atoms with Crippen LogP contribution in [-0.4, -0.2) is 96.3 Å². The molecule has 0 bridgehead atoms. The van der Waals surface area contributed by atoms with Gasteiger partial charge in [0, 0.05) is 26.4 Å². The number of carbonyl (C=O) groups excluding carboxylic acids is 4. The van der Waals surface area contributed by atoms with Gasteiger partial charge in [-0.15, -0.1) is 22.7 Å². The highest BCUT2D eigenvalue weighted by atomic mass is 32.2. The zero-order valence-electron chi connectivity index (χ0n) is 29.8. The summed E-state index contributed by atoms with van der Waals surface area (Å²) in [4.78, 5) is 68.9. The van der Waals surface area contributed by atoms with Crippen molar-refractivity contribution in [1.82, 2.24) is 35.1 Å². The summed E-state index contributed by atoms with van der Waals surface area (Å²) in [6, 6.07) is 11.7. The van der Waals surface area contributed by atoms with E-state index in [-0.39, 0.29) is 29.5 Å². The fraction of sp³-hybridized carbons (Fsp3) is 0.405. The predicted molar refractivity (Wildman–Crippen MR) is 204 cm³/mol. The molecular weight excluding hydrogens is 751 g/mol. The Labute approximate surface area is 321 Å². The first-order valence-corrected chi connectivity index (χ1v) is 21.0. The Bertz CT molecular complexity index is 2180. The van der Waals surface area contributed by atoms with Crippen LogP contribution in [0.1, 0.15) is 44.9 Å². The number of amides is 5. The number of allylic oxidation sites excluding steroid dienone is 1. The minimum absolute atomic E-state index is 0.0150. The molecule has 14 nitrogen and oxygen atoms in total. The number of fused-ring (bicyclic) bond motifs is 3. The molecule has 284 valence electrons. The highest BCUT2D eigenvalue weighted by Crippen LogP contribution is 2.46. The van der Waals surface area contributed by atoms with Crippen molar-refractivity contribution >= 4 is 67.5 Å². The summed E-state index contributed by atoms with van der Waals surface area (Å²) in [7, 11) is -1.03. The number of nitrogens with zero attached hydrogens (tertiary/aromatic N) is 4. The molecule has 1 saturated heterocycles. The van der Waals surface area contributed by atoms with Gasteiger partial charge in [-0.2, -0.15) is 0 Å². The third-order valence-corrected chi connectivity index (χ3v) is 13.5. The van der Waals surface area contributed by atoms with Crippen molar-refractivity contribution in [2.45, 2.75) is 72.9 Å². The summed E-state index contributed by atoms with van der Waals surface area (Å²) in [5, 5.41) is 9.24. The van der Waals surface area contributed by atoms with Crippen LogP contribution in [0.4, 0.5) is 4.79 Å². The fourth-order valence-corrected chi connectivity index (χ4v) is 9.66. The van der Waals surface area contributed by atoms with Gasteiger partial charge >= 0.3 is 6.03 Å². The number of urea groups is 1. The smallest absolute Gasteiger partial charge is 0.317 e. The molecule has 3 aromatic heterocycles. The maximum atomic E-state index is 14.5. The first-order valence-electron chi connectivity index (χ1n) is 17.8. The maximum absolute atomic E-state index is 14.5. The molecule has 5 atom stereocenters. The molecule has 17 heteroatoms. The maximum Gasteiger partial charge on any atom is 0.317 e. The summed E-state index contributed by atoms with van der Waals surface area (Å²) in [6.45, 7) is -0.0150. The van der Waals surface area contributed by atoms with Crippen LogP contribution in [0.25, 0.3) is 21.6 Å². The summed E-state index contributed by atoms with van der Waals surface area (Å²) in [6.07, 6.45) is 6.56. The number of ether oxygens (including phenoxy) is 1. The monoisotopic (exact) mass is 791 g/mol. The van der Waals surface area contributed by atoms with E-state index >= 15 is 0 Å². The standard InChI is InChI=1S/C37H41N7O7S3/c1-43(2)36(48)40-27-15-7-5-3-4-6-12-23-21-37(23,35(47)42-54(49,50)30-17-11-19-53-30)41-32(45)28-20-24(22-44(28)34(27)46)51-33-31(29-16-10-18-52-29)38-25-13-8-9-14-26(25)39-33/h6,8-14,16-19,23-24,27-28H,3-5,7,15,20-22H2,1-2H3,(H,40,48)(H,41,45)(H,42,47)/b12-6-/t23?,24-,27-,28+,37-/m1/s1. The molecule has 1 unspecified atom stereocenters. The van der Waals surface area contributed by atoms with E-state index in [4.69, 9.17) is 14.7 Å². The fourth-order valence-electron chi connectivity index (χ4n) is 6.92. The van der Waals surface area contributed by atoms with Gasteiger partial charge in [0.05, 0.1) is 22.5 Å². The molecule has 3 aliphatic rings. The Morgan fingerprint density at radius 2 is 1.76 bits per heavy atom. The molecule has 7 rings (SSSR count). The van der Waals surface area contributed by atoms with Crippen LogP contribution in [0.5, 0.6) is 5.88 Å². The number of benzene rings is 1. The minimum Gasteiger partial charge on any atom is -0.471 e.